The average molecular weight is 621 g/mol. The van der Waals surface area contributed by atoms with E-state index in [9.17, 15) is 19.5 Å². The maximum absolute atomic E-state index is 14.1. The molecule has 3 aromatic carbocycles. The topological polar surface area (TPSA) is 130 Å². The third kappa shape index (κ3) is 5.12. The lowest BCUT2D eigenvalue weighted by Crippen LogP contribution is -2.40. The Morgan fingerprint density at radius 3 is 2.60 bits per heavy atom. The fourth-order valence-electron chi connectivity index (χ4n) is 5.36. The van der Waals surface area contributed by atoms with Crippen LogP contribution in [0.1, 0.15) is 40.2 Å². The standard InChI is InChI=1S/C34H24N2O8S/c1-2-41-33(40)28-29(19-7-4-3-5-8-19)35-34-36(30(28)21-11-13-25-26(16-21)43-18-42-25)31(37)27(45-34)17-23-12-14-24(44-23)20-9-6-10-22(15-20)32(38)39/h3-17,30H,2,18H2,1H3,(H,38,39)/b27-17+/t30-/m1/s1. The lowest BCUT2D eigenvalue weighted by Gasteiger charge is -2.26. The Bertz CT molecular complexity index is 2190. The number of hydrogen-bond acceptors (Lipinski definition) is 9. The van der Waals surface area contributed by atoms with Gasteiger partial charge in [-0.2, -0.15) is 0 Å². The van der Waals surface area contributed by atoms with Crippen LogP contribution in [0.15, 0.2) is 105 Å². The van der Waals surface area contributed by atoms with Crippen LogP contribution < -0.4 is 24.4 Å². The van der Waals surface area contributed by atoms with Gasteiger partial charge in [-0.1, -0.05) is 59.9 Å². The van der Waals surface area contributed by atoms with Crippen molar-refractivity contribution in [2.75, 3.05) is 13.4 Å². The molecular formula is C34H24N2O8S. The Kier molecular flexibility index (Phi) is 7.14. The average Bonchev–Trinajstić information content (AvgIpc) is 3.80. The van der Waals surface area contributed by atoms with E-state index in [4.69, 9.17) is 23.6 Å². The summed E-state index contributed by atoms with van der Waals surface area (Å²) in [5, 5.41) is 9.36. The zero-order valence-electron chi connectivity index (χ0n) is 23.8. The smallest absolute Gasteiger partial charge is 0.338 e. The number of carboxylic acid groups (broad SMARTS) is 1. The SMILES string of the molecule is CCOC(=O)C1=C(c2ccccc2)N=c2s/c(=C/c3ccc(-c4cccc(C(=O)O)c4)o3)c(=O)n2[C@@H]1c1ccc2c(c1)OCO2. The maximum atomic E-state index is 14.1. The largest absolute Gasteiger partial charge is 0.478 e. The molecule has 5 aromatic rings. The molecule has 2 aliphatic rings. The molecule has 2 aromatic heterocycles. The number of aromatic nitrogens is 1. The van der Waals surface area contributed by atoms with E-state index in [2.05, 4.69) is 0 Å². The van der Waals surface area contributed by atoms with Gasteiger partial charge in [0.15, 0.2) is 16.3 Å². The van der Waals surface area contributed by atoms with Gasteiger partial charge in [-0.3, -0.25) is 9.36 Å². The molecule has 224 valence electrons. The first kappa shape index (κ1) is 28.1. The van der Waals surface area contributed by atoms with Crippen LogP contribution in [-0.2, 0) is 9.53 Å². The fourth-order valence-corrected chi connectivity index (χ4v) is 6.34. The molecule has 45 heavy (non-hydrogen) atoms. The lowest BCUT2D eigenvalue weighted by atomic mass is 9.93. The molecule has 0 saturated carbocycles. The lowest BCUT2D eigenvalue weighted by molar-refractivity contribution is -0.138. The van der Waals surface area contributed by atoms with Crippen molar-refractivity contribution >= 4 is 35.0 Å². The third-order valence-corrected chi connectivity index (χ3v) is 8.36. The Morgan fingerprint density at radius 1 is 1.00 bits per heavy atom. The van der Waals surface area contributed by atoms with Gasteiger partial charge in [-0.25, -0.2) is 14.6 Å². The first-order valence-electron chi connectivity index (χ1n) is 14.0. The second kappa shape index (κ2) is 11.4. The number of carbonyl (C=O) groups is 2. The van der Waals surface area contributed by atoms with Gasteiger partial charge in [0.25, 0.3) is 5.56 Å². The quantitative estimate of drug-likeness (QED) is 0.261. The van der Waals surface area contributed by atoms with Crippen LogP contribution in [0.25, 0.3) is 23.1 Å². The number of aromatic carboxylic acids is 1. The molecule has 0 unspecified atom stereocenters. The molecule has 0 saturated heterocycles. The van der Waals surface area contributed by atoms with Crippen molar-refractivity contribution in [2.45, 2.75) is 13.0 Å². The van der Waals surface area contributed by atoms with Gasteiger partial charge in [-0.15, -0.1) is 0 Å². The Morgan fingerprint density at radius 2 is 1.80 bits per heavy atom. The van der Waals surface area contributed by atoms with E-state index in [0.29, 0.717) is 54.7 Å². The number of rotatable bonds is 7. The van der Waals surface area contributed by atoms with Gasteiger partial charge < -0.3 is 23.7 Å². The van der Waals surface area contributed by atoms with Crippen LogP contribution >= 0.6 is 11.3 Å². The van der Waals surface area contributed by atoms with Gasteiger partial charge in [-0.05, 0) is 48.9 Å². The predicted molar refractivity (Wildman–Crippen MR) is 165 cm³/mol. The third-order valence-electron chi connectivity index (χ3n) is 7.38. The van der Waals surface area contributed by atoms with Gasteiger partial charge in [0, 0.05) is 17.2 Å². The number of esters is 1. The van der Waals surface area contributed by atoms with Gasteiger partial charge in [0.2, 0.25) is 6.79 Å². The highest BCUT2D eigenvalue weighted by atomic mass is 32.1. The summed E-state index contributed by atoms with van der Waals surface area (Å²) in [6.45, 7) is 1.93. The van der Waals surface area contributed by atoms with Crippen LogP contribution in [0.3, 0.4) is 0 Å². The van der Waals surface area contributed by atoms with E-state index >= 15 is 0 Å². The molecule has 0 spiro atoms. The minimum absolute atomic E-state index is 0.0725. The van der Waals surface area contributed by atoms with Gasteiger partial charge in [0.05, 0.1) is 34.0 Å². The number of hydrogen-bond donors (Lipinski definition) is 1. The number of nitrogens with zero attached hydrogens (tertiary/aromatic N) is 2. The Labute approximate surface area is 259 Å². The molecule has 0 amide bonds. The second-order valence-electron chi connectivity index (χ2n) is 10.1. The summed E-state index contributed by atoms with van der Waals surface area (Å²) < 4.78 is 24.5. The summed E-state index contributed by atoms with van der Waals surface area (Å²) in [5.74, 6) is 0.287. The van der Waals surface area contributed by atoms with Crippen LogP contribution in [0.2, 0.25) is 0 Å². The second-order valence-corrected chi connectivity index (χ2v) is 11.1. The number of fused-ring (bicyclic) bond motifs is 2. The molecule has 2 aliphatic heterocycles. The monoisotopic (exact) mass is 620 g/mol. The van der Waals surface area contributed by atoms with Crippen LogP contribution in [0.4, 0.5) is 0 Å². The first-order chi connectivity index (χ1) is 21.9. The van der Waals surface area contributed by atoms with E-state index in [-0.39, 0.29) is 30.1 Å². The summed E-state index contributed by atoms with van der Waals surface area (Å²) >= 11 is 1.17. The van der Waals surface area contributed by atoms with Crippen molar-refractivity contribution < 1.29 is 33.3 Å². The number of furan rings is 1. The van der Waals surface area contributed by atoms with Crippen molar-refractivity contribution in [3.8, 4) is 22.8 Å². The fraction of sp³-hybridized carbons (Fsp3) is 0.118. The normalized spacial score (nSPS) is 15.5. The molecule has 1 N–H and O–H groups in total. The van der Waals surface area contributed by atoms with Crippen LogP contribution in [-0.4, -0.2) is 35.0 Å². The molecule has 4 heterocycles. The van der Waals surface area contributed by atoms with E-state index < -0.39 is 18.0 Å². The zero-order chi connectivity index (χ0) is 31.1. The molecule has 7 rings (SSSR count). The summed E-state index contributed by atoms with van der Waals surface area (Å²) in [4.78, 5) is 44.5. The van der Waals surface area contributed by atoms with E-state index in [1.165, 1.54) is 28.0 Å². The number of ether oxygens (including phenoxy) is 3. The van der Waals surface area contributed by atoms with Crippen molar-refractivity contribution in [1.29, 1.82) is 0 Å². The number of benzene rings is 3. The number of thiazole rings is 1. The van der Waals surface area contributed by atoms with Crippen LogP contribution in [0.5, 0.6) is 11.5 Å². The summed E-state index contributed by atoms with van der Waals surface area (Å²) in [5.41, 5.74) is 2.29. The molecule has 0 fully saturated rings. The highest BCUT2D eigenvalue weighted by molar-refractivity contribution is 7.07. The minimum Gasteiger partial charge on any atom is -0.478 e. The van der Waals surface area contributed by atoms with Crippen molar-refractivity contribution in [3.05, 3.63) is 133 Å². The molecule has 0 aliphatic carbocycles. The molecular weight excluding hydrogens is 596 g/mol. The minimum atomic E-state index is -1.04. The Balaban J connectivity index is 1.41. The van der Waals surface area contributed by atoms with Gasteiger partial charge in [0.1, 0.15) is 11.5 Å². The predicted octanol–water partition coefficient (Wildman–Crippen LogP) is 4.62. The van der Waals surface area contributed by atoms with E-state index in [1.54, 1.807) is 55.5 Å². The van der Waals surface area contributed by atoms with Crippen molar-refractivity contribution in [2.24, 2.45) is 4.99 Å². The summed E-state index contributed by atoms with van der Waals surface area (Å²) in [6.07, 6.45) is 1.61. The summed E-state index contributed by atoms with van der Waals surface area (Å²) in [7, 11) is 0. The zero-order valence-corrected chi connectivity index (χ0v) is 24.6. The summed E-state index contributed by atoms with van der Waals surface area (Å²) in [6, 6.07) is 23.6. The number of carboxylic acids is 1. The molecule has 10 nitrogen and oxygen atoms in total. The van der Waals surface area contributed by atoms with E-state index in [0.717, 1.165) is 0 Å². The maximum Gasteiger partial charge on any atom is 0.338 e. The highest BCUT2D eigenvalue weighted by Gasteiger charge is 2.36. The Hall–Kier alpha value is -5.68. The molecule has 0 radical (unpaired) electrons. The van der Waals surface area contributed by atoms with Crippen LogP contribution in [0, 0.1) is 0 Å². The molecule has 1 atom stereocenters. The number of carbonyl (C=O) groups excluding carboxylic acids is 1. The molecule has 11 heteroatoms. The van der Waals surface area contributed by atoms with Gasteiger partial charge >= 0.3 is 11.9 Å². The van der Waals surface area contributed by atoms with E-state index in [1.807, 2.05) is 30.3 Å². The van der Waals surface area contributed by atoms with Crippen molar-refractivity contribution in [3.63, 3.8) is 0 Å². The first-order valence-corrected chi connectivity index (χ1v) is 14.8. The highest BCUT2D eigenvalue weighted by Crippen LogP contribution is 2.40. The molecule has 0 bridgehead atoms. The van der Waals surface area contributed by atoms with Crippen molar-refractivity contribution in [1.82, 2.24) is 4.57 Å².